The van der Waals surface area contributed by atoms with Gasteiger partial charge in [0.1, 0.15) is 17.3 Å². The summed E-state index contributed by atoms with van der Waals surface area (Å²) < 4.78 is 52.6. The molecule has 0 bridgehead atoms. The average Bonchev–Trinajstić information content (AvgIpc) is 2.43. The molecule has 0 spiro atoms. The Balaban J connectivity index is 2.25. The number of nitro benzene ring substituents is 1. The van der Waals surface area contributed by atoms with Gasteiger partial charge in [0, 0.05) is 12.1 Å². The van der Waals surface area contributed by atoms with E-state index in [4.69, 9.17) is 0 Å². The molecule has 0 radical (unpaired) electrons. The zero-order chi connectivity index (χ0) is 16.3. The first kappa shape index (κ1) is 15.8. The maximum absolute atomic E-state index is 13.4. The van der Waals surface area contributed by atoms with Crippen molar-refractivity contribution in [3.63, 3.8) is 0 Å². The summed E-state index contributed by atoms with van der Waals surface area (Å²) in [6.07, 6.45) is 0. The number of nitro groups is 1. The number of nitrogens with zero attached hydrogens (tertiary/aromatic N) is 1. The van der Waals surface area contributed by atoms with E-state index in [1.165, 1.54) is 18.2 Å². The largest absolute Gasteiger partial charge is 0.278 e. The lowest BCUT2D eigenvalue weighted by Gasteiger charge is -2.09. The third kappa shape index (κ3) is 3.76. The normalized spacial score (nSPS) is 11.2. The highest BCUT2D eigenvalue weighted by molar-refractivity contribution is 7.91. The highest BCUT2D eigenvalue weighted by atomic mass is 32.2. The van der Waals surface area contributed by atoms with Gasteiger partial charge in [-0.2, -0.15) is 0 Å². The fraction of sp³-hybridized carbons (Fsp3) is 0.0769. The molecule has 0 aromatic heterocycles. The van der Waals surface area contributed by atoms with Crippen LogP contribution in [0.5, 0.6) is 0 Å². The summed E-state index contributed by atoms with van der Waals surface area (Å²) in [6.45, 7) is 0. The summed E-state index contributed by atoms with van der Waals surface area (Å²) in [4.78, 5) is 9.97. The van der Waals surface area contributed by atoms with Crippen LogP contribution in [0.15, 0.2) is 42.5 Å². The number of hydrogen-bond donors (Lipinski definition) is 1. The molecule has 0 unspecified atom stereocenters. The van der Waals surface area contributed by atoms with E-state index in [0.29, 0.717) is 0 Å². The van der Waals surface area contributed by atoms with Crippen LogP contribution in [0.25, 0.3) is 0 Å². The van der Waals surface area contributed by atoms with Crippen LogP contribution in [0.3, 0.4) is 0 Å². The van der Waals surface area contributed by atoms with Crippen LogP contribution < -0.4 is 4.72 Å². The van der Waals surface area contributed by atoms with Crippen molar-refractivity contribution in [1.29, 1.82) is 0 Å². The predicted octanol–water partition coefficient (Wildman–Crippen LogP) is 2.81. The van der Waals surface area contributed by atoms with Crippen LogP contribution in [0.1, 0.15) is 5.56 Å². The summed E-state index contributed by atoms with van der Waals surface area (Å²) >= 11 is 0. The van der Waals surface area contributed by atoms with Gasteiger partial charge in [0.25, 0.3) is 5.69 Å². The Morgan fingerprint density at radius 1 is 1.09 bits per heavy atom. The minimum absolute atomic E-state index is 0.124. The van der Waals surface area contributed by atoms with E-state index in [1.807, 2.05) is 0 Å². The molecule has 0 amide bonds. The SMILES string of the molecule is O=[N+]([O-])c1cccc(CS(=O)(=O)Nc2c(F)cccc2F)c1. The molecule has 0 aliphatic carbocycles. The lowest BCUT2D eigenvalue weighted by Crippen LogP contribution is -2.17. The molecule has 0 saturated carbocycles. The monoisotopic (exact) mass is 328 g/mol. The fourth-order valence-electron chi connectivity index (χ4n) is 1.77. The van der Waals surface area contributed by atoms with E-state index >= 15 is 0 Å². The Hall–Kier alpha value is -2.55. The topological polar surface area (TPSA) is 89.3 Å². The van der Waals surface area contributed by atoms with Crippen molar-refractivity contribution in [2.75, 3.05) is 4.72 Å². The number of halogens is 2. The van der Waals surface area contributed by atoms with E-state index in [1.54, 1.807) is 4.72 Å². The average molecular weight is 328 g/mol. The number of nitrogens with one attached hydrogen (secondary N) is 1. The fourth-order valence-corrected chi connectivity index (χ4v) is 2.96. The van der Waals surface area contributed by atoms with Gasteiger partial charge in [0.15, 0.2) is 0 Å². The molecule has 1 N–H and O–H groups in total. The molecule has 2 aromatic rings. The number of hydrogen-bond acceptors (Lipinski definition) is 4. The zero-order valence-corrected chi connectivity index (χ0v) is 11.8. The Labute approximate surface area is 124 Å². The van der Waals surface area contributed by atoms with Crippen molar-refractivity contribution in [1.82, 2.24) is 0 Å². The van der Waals surface area contributed by atoms with E-state index < -0.39 is 38.0 Å². The van der Waals surface area contributed by atoms with Gasteiger partial charge < -0.3 is 0 Å². The van der Waals surface area contributed by atoms with Crippen molar-refractivity contribution in [2.24, 2.45) is 0 Å². The summed E-state index contributed by atoms with van der Waals surface area (Å²) in [7, 11) is -4.13. The van der Waals surface area contributed by atoms with Crippen molar-refractivity contribution in [3.8, 4) is 0 Å². The minimum atomic E-state index is -4.13. The van der Waals surface area contributed by atoms with Crippen LogP contribution in [0.2, 0.25) is 0 Å². The van der Waals surface area contributed by atoms with E-state index in [2.05, 4.69) is 0 Å². The molecule has 6 nitrogen and oxygen atoms in total. The number of anilines is 1. The van der Waals surface area contributed by atoms with Crippen molar-refractivity contribution in [2.45, 2.75) is 5.75 Å². The molecule has 0 atom stereocenters. The first-order valence-corrected chi connectivity index (χ1v) is 7.61. The maximum Gasteiger partial charge on any atom is 0.269 e. The Morgan fingerprint density at radius 3 is 2.27 bits per heavy atom. The molecule has 0 aliphatic heterocycles. The van der Waals surface area contributed by atoms with Gasteiger partial charge in [-0.3, -0.25) is 14.8 Å². The molecule has 0 heterocycles. The Bertz CT molecular complexity index is 804. The smallest absolute Gasteiger partial charge is 0.269 e. The van der Waals surface area contributed by atoms with Gasteiger partial charge in [-0.25, -0.2) is 17.2 Å². The number of non-ortho nitro benzene ring substituents is 1. The Kier molecular flexibility index (Phi) is 4.36. The standard InChI is InChI=1S/C13H10F2N2O4S/c14-11-5-2-6-12(15)13(11)16-22(20,21)8-9-3-1-4-10(7-9)17(18)19/h1-7,16H,8H2. The van der Waals surface area contributed by atoms with Gasteiger partial charge in [-0.05, 0) is 17.7 Å². The van der Waals surface area contributed by atoms with Gasteiger partial charge in [-0.15, -0.1) is 0 Å². The summed E-state index contributed by atoms with van der Waals surface area (Å²) in [6, 6.07) is 7.90. The van der Waals surface area contributed by atoms with Crippen LogP contribution in [0.4, 0.5) is 20.2 Å². The summed E-state index contributed by atoms with van der Waals surface area (Å²) in [5.41, 5.74) is -0.934. The van der Waals surface area contributed by atoms with Crippen molar-refractivity contribution >= 4 is 21.4 Å². The second-order valence-electron chi connectivity index (χ2n) is 4.38. The number of sulfonamides is 1. The van der Waals surface area contributed by atoms with Gasteiger partial charge in [-0.1, -0.05) is 18.2 Å². The molecule has 2 aromatic carbocycles. The lowest BCUT2D eigenvalue weighted by molar-refractivity contribution is -0.384. The summed E-state index contributed by atoms with van der Waals surface area (Å²) in [5.74, 6) is -2.76. The first-order valence-electron chi connectivity index (χ1n) is 5.96. The molecule has 0 saturated heterocycles. The van der Waals surface area contributed by atoms with Crippen LogP contribution >= 0.6 is 0 Å². The quantitative estimate of drug-likeness (QED) is 0.675. The second-order valence-corrected chi connectivity index (χ2v) is 6.11. The molecule has 0 aliphatic rings. The van der Waals surface area contributed by atoms with E-state index in [0.717, 1.165) is 24.3 Å². The molecule has 116 valence electrons. The second kappa shape index (κ2) is 6.06. The number of benzene rings is 2. The molecular formula is C13H10F2N2O4S. The molecule has 2 rings (SSSR count). The van der Waals surface area contributed by atoms with Gasteiger partial charge in [0.05, 0.1) is 10.7 Å². The van der Waals surface area contributed by atoms with E-state index in [9.17, 15) is 27.3 Å². The zero-order valence-electron chi connectivity index (χ0n) is 11.0. The van der Waals surface area contributed by atoms with Crippen LogP contribution in [0, 0.1) is 21.7 Å². The molecule has 9 heteroatoms. The van der Waals surface area contributed by atoms with Gasteiger partial charge >= 0.3 is 0 Å². The first-order chi connectivity index (χ1) is 10.3. The maximum atomic E-state index is 13.4. The molecule has 0 fully saturated rings. The molecule has 22 heavy (non-hydrogen) atoms. The minimum Gasteiger partial charge on any atom is -0.278 e. The third-order valence-electron chi connectivity index (χ3n) is 2.70. The van der Waals surface area contributed by atoms with Crippen LogP contribution in [-0.2, 0) is 15.8 Å². The third-order valence-corrected chi connectivity index (χ3v) is 3.93. The summed E-state index contributed by atoms with van der Waals surface area (Å²) in [5, 5.41) is 10.6. The highest BCUT2D eigenvalue weighted by Gasteiger charge is 2.18. The highest BCUT2D eigenvalue weighted by Crippen LogP contribution is 2.21. The number of para-hydroxylation sites is 1. The van der Waals surface area contributed by atoms with Crippen molar-refractivity contribution < 1.29 is 22.1 Å². The Morgan fingerprint density at radius 2 is 1.68 bits per heavy atom. The predicted molar refractivity (Wildman–Crippen MR) is 75.7 cm³/mol. The van der Waals surface area contributed by atoms with E-state index in [-0.39, 0.29) is 11.3 Å². The van der Waals surface area contributed by atoms with Crippen LogP contribution in [-0.4, -0.2) is 13.3 Å². The van der Waals surface area contributed by atoms with Gasteiger partial charge in [0.2, 0.25) is 10.0 Å². The number of rotatable bonds is 5. The van der Waals surface area contributed by atoms with Crippen molar-refractivity contribution in [3.05, 3.63) is 69.8 Å². The lowest BCUT2D eigenvalue weighted by atomic mass is 10.2. The molecular weight excluding hydrogens is 318 g/mol.